The molecule has 0 aliphatic carbocycles. The highest BCUT2D eigenvalue weighted by Gasteiger charge is 2.26. The SMILES string of the molecule is Cc1ccc(Cl)cc1NC(=O)Cn1ncc2c(c1=O)N(C)C(=O)CS2. The van der Waals surface area contributed by atoms with Crippen molar-refractivity contribution in [1.29, 1.82) is 0 Å². The van der Waals surface area contributed by atoms with Crippen LogP contribution in [0.3, 0.4) is 0 Å². The standard InChI is InChI=1S/C16H15ClN4O3S/c1-9-3-4-10(17)5-11(9)19-13(22)7-21-16(24)15-12(6-18-21)25-8-14(23)20(15)2/h3-6H,7-8H2,1-2H3,(H,19,22). The van der Waals surface area contributed by atoms with Crippen molar-refractivity contribution in [2.75, 3.05) is 23.0 Å². The third-order valence-electron chi connectivity index (χ3n) is 3.81. The van der Waals surface area contributed by atoms with Gasteiger partial charge in [0, 0.05) is 17.8 Å². The highest BCUT2D eigenvalue weighted by atomic mass is 35.5. The van der Waals surface area contributed by atoms with E-state index in [-0.39, 0.29) is 23.9 Å². The van der Waals surface area contributed by atoms with Crippen LogP contribution in [0.25, 0.3) is 0 Å². The highest BCUT2D eigenvalue weighted by Crippen LogP contribution is 2.30. The van der Waals surface area contributed by atoms with Crippen LogP contribution in [-0.4, -0.2) is 34.4 Å². The molecule has 0 saturated carbocycles. The van der Waals surface area contributed by atoms with E-state index in [1.807, 2.05) is 6.92 Å². The monoisotopic (exact) mass is 378 g/mol. The number of carbonyl (C=O) groups is 2. The molecule has 1 N–H and O–H groups in total. The summed E-state index contributed by atoms with van der Waals surface area (Å²) in [6, 6.07) is 5.16. The normalized spacial score (nSPS) is 13.6. The summed E-state index contributed by atoms with van der Waals surface area (Å²) in [6.07, 6.45) is 1.50. The van der Waals surface area contributed by atoms with Crippen LogP contribution in [0.1, 0.15) is 5.56 Å². The van der Waals surface area contributed by atoms with E-state index in [9.17, 15) is 14.4 Å². The summed E-state index contributed by atoms with van der Waals surface area (Å²) in [4.78, 5) is 38.6. The minimum atomic E-state index is -0.474. The molecule has 2 aromatic rings. The van der Waals surface area contributed by atoms with Crippen molar-refractivity contribution in [3.05, 3.63) is 45.3 Å². The van der Waals surface area contributed by atoms with Gasteiger partial charge >= 0.3 is 0 Å². The number of carbonyl (C=O) groups excluding carboxylic acids is 2. The number of nitrogens with one attached hydrogen (secondary N) is 1. The Bertz CT molecular complexity index is 928. The molecule has 1 aliphatic heterocycles. The number of hydrogen-bond acceptors (Lipinski definition) is 5. The van der Waals surface area contributed by atoms with Crippen molar-refractivity contribution in [2.24, 2.45) is 0 Å². The van der Waals surface area contributed by atoms with E-state index in [1.165, 1.54) is 22.9 Å². The number of fused-ring (bicyclic) bond motifs is 1. The van der Waals surface area contributed by atoms with Gasteiger partial charge in [0.2, 0.25) is 11.8 Å². The molecule has 0 unspecified atom stereocenters. The summed E-state index contributed by atoms with van der Waals surface area (Å²) < 4.78 is 1.05. The Kier molecular flexibility index (Phi) is 4.82. The number of nitrogens with zero attached hydrogens (tertiary/aromatic N) is 3. The first-order valence-electron chi connectivity index (χ1n) is 7.42. The summed E-state index contributed by atoms with van der Waals surface area (Å²) in [5.41, 5.74) is 1.21. The summed E-state index contributed by atoms with van der Waals surface area (Å²) in [5.74, 6) is -0.299. The largest absolute Gasteiger partial charge is 0.324 e. The van der Waals surface area contributed by atoms with Crippen molar-refractivity contribution in [3.63, 3.8) is 0 Å². The predicted molar refractivity (Wildman–Crippen MR) is 97.4 cm³/mol. The van der Waals surface area contributed by atoms with Gasteiger partial charge in [-0.15, -0.1) is 11.8 Å². The van der Waals surface area contributed by atoms with Crippen molar-refractivity contribution in [3.8, 4) is 0 Å². The van der Waals surface area contributed by atoms with Gasteiger partial charge in [-0.05, 0) is 24.6 Å². The van der Waals surface area contributed by atoms with Gasteiger partial charge in [-0.3, -0.25) is 14.4 Å². The Morgan fingerprint density at radius 1 is 1.40 bits per heavy atom. The zero-order valence-electron chi connectivity index (χ0n) is 13.6. The first kappa shape index (κ1) is 17.5. The smallest absolute Gasteiger partial charge is 0.292 e. The van der Waals surface area contributed by atoms with Gasteiger partial charge in [-0.25, -0.2) is 4.68 Å². The van der Waals surface area contributed by atoms with E-state index in [1.54, 1.807) is 25.2 Å². The fraction of sp³-hybridized carbons (Fsp3) is 0.250. The predicted octanol–water partition coefficient (Wildman–Crippen LogP) is 1.91. The third-order valence-corrected chi connectivity index (χ3v) is 5.05. The third kappa shape index (κ3) is 3.54. The van der Waals surface area contributed by atoms with E-state index in [4.69, 9.17) is 11.6 Å². The highest BCUT2D eigenvalue weighted by molar-refractivity contribution is 8.00. The van der Waals surface area contributed by atoms with Gasteiger partial charge in [0.1, 0.15) is 12.2 Å². The molecule has 1 aliphatic rings. The summed E-state index contributed by atoms with van der Waals surface area (Å²) in [7, 11) is 1.54. The van der Waals surface area contributed by atoms with Gasteiger partial charge < -0.3 is 10.2 Å². The molecule has 0 spiro atoms. The minimum absolute atomic E-state index is 0.161. The van der Waals surface area contributed by atoms with Crippen molar-refractivity contribution >= 4 is 46.6 Å². The van der Waals surface area contributed by atoms with Crippen LogP contribution >= 0.6 is 23.4 Å². The number of hydrogen-bond donors (Lipinski definition) is 1. The average Bonchev–Trinajstić information content (AvgIpc) is 2.57. The molecule has 0 bridgehead atoms. The lowest BCUT2D eigenvalue weighted by atomic mass is 10.2. The van der Waals surface area contributed by atoms with Crippen molar-refractivity contribution < 1.29 is 9.59 Å². The van der Waals surface area contributed by atoms with Gasteiger partial charge in [-0.1, -0.05) is 17.7 Å². The van der Waals surface area contributed by atoms with E-state index in [0.29, 0.717) is 15.6 Å². The fourth-order valence-electron chi connectivity index (χ4n) is 2.41. The molecular weight excluding hydrogens is 364 g/mol. The van der Waals surface area contributed by atoms with E-state index in [2.05, 4.69) is 10.4 Å². The lowest BCUT2D eigenvalue weighted by molar-refractivity contribution is -0.117. The van der Waals surface area contributed by atoms with Crippen molar-refractivity contribution in [1.82, 2.24) is 9.78 Å². The molecule has 7 nitrogen and oxygen atoms in total. The average molecular weight is 379 g/mol. The maximum Gasteiger partial charge on any atom is 0.292 e. The zero-order valence-corrected chi connectivity index (χ0v) is 15.1. The van der Waals surface area contributed by atoms with Gasteiger partial charge in [-0.2, -0.15) is 5.10 Å². The first-order valence-corrected chi connectivity index (χ1v) is 8.78. The van der Waals surface area contributed by atoms with Crippen LogP contribution < -0.4 is 15.8 Å². The molecule has 2 amide bonds. The minimum Gasteiger partial charge on any atom is -0.324 e. The second-order valence-electron chi connectivity index (χ2n) is 5.57. The topological polar surface area (TPSA) is 84.3 Å². The maximum atomic E-state index is 12.6. The summed E-state index contributed by atoms with van der Waals surface area (Å²) >= 11 is 7.20. The molecule has 1 aromatic carbocycles. The number of aromatic nitrogens is 2. The van der Waals surface area contributed by atoms with Crippen LogP contribution in [0.4, 0.5) is 11.4 Å². The molecule has 9 heteroatoms. The molecule has 3 rings (SSSR count). The second kappa shape index (κ2) is 6.89. The van der Waals surface area contributed by atoms with Gasteiger partial charge in [0.15, 0.2) is 0 Å². The van der Waals surface area contributed by atoms with Crippen molar-refractivity contribution in [2.45, 2.75) is 18.4 Å². The molecule has 2 heterocycles. The van der Waals surface area contributed by atoms with E-state index < -0.39 is 11.5 Å². The van der Waals surface area contributed by atoms with Crippen LogP contribution in [0, 0.1) is 6.92 Å². The fourth-order valence-corrected chi connectivity index (χ4v) is 3.53. The Labute approximate surface area is 153 Å². The van der Waals surface area contributed by atoms with Crippen LogP contribution in [0.15, 0.2) is 34.1 Å². The lowest BCUT2D eigenvalue weighted by Crippen LogP contribution is -2.40. The lowest BCUT2D eigenvalue weighted by Gasteiger charge is -2.24. The summed E-state index contributed by atoms with van der Waals surface area (Å²) in [5, 5.41) is 7.25. The molecule has 25 heavy (non-hydrogen) atoms. The first-order chi connectivity index (χ1) is 11.9. The molecular formula is C16H15ClN4O3S. The number of thioether (sulfide) groups is 1. The number of amides is 2. The van der Waals surface area contributed by atoms with E-state index in [0.717, 1.165) is 10.2 Å². The number of aryl methyl sites for hydroxylation is 1. The molecule has 1 aromatic heterocycles. The Balaban J connectivity index is 1.84. The molecule has 0 saturated heterocycles. The molecule has 0 atom stereocenters. The van der Waals surface area contributed by atoms with Crippen LogP contribution in [-0.2, 0) is 16.1 Å². The Morgan fingerprint density at radius 3 is 2.92 bits per heavy atom. The zero-order chi connectivity index (χ0) is 18.1. The number of benzene rings is 1. The molecule has 0 fully saturated rings. The maximum absolute atomic E-state index is 12.6. The second-order valence-corrected chi connectivity index (χ2v) is 7.02. The summed E-state index contributed by atoms with van der Waals surface area (Å²) in [6.45, 7) is 1.58. The number of halogens is 1. The molecule has 130 valence electrons. The number of anilines is 2. The van der Waals surface area contributed by atoms with E-state index >= 15 is 0 Å². The van der Waals surface area contributed by atoms with Crippen LogP contribution in [0.5, 0.6) is 0 Å². The van der Waals surface area contributed by atoms with Gasteiger partial charge in [0.05, 0.1) is 16.8 Å². The number of rotatable bonds is 3. The Morgan fingerprint density at radius 2 is 2.16 bits per heavy atom. The molecule has 0 radical (unpaired) electrons. The van der Waals surface area contributed by atoms with Gasteiger partial charge in [0.25, 0.3) is 5.56 Å². The quantitative estimate of drug-likeness (QED) is 0.882. The Hall–Kier alpha value is -2.32. The van der Waals surface area contributed by atoms with Crippen LogP contribution in [0.2, 0.25) is 5.02 Å².